The Morgan fingerprint density at radius 1 is 1.40 bits per heavy atom. The molecule has 4 nitrogen and oxygen atoms in total. The van der Waals surface area contributed by atoms with Gasteiger partial charge in [-0.05, 0) is 12.1 Å². The van der Waals surface area contributed by atoms with Crippen LogP contribution in [0, 0.1) is 0 Å². The summed E-state index contributed by atoms with van der Waals surface area (Å²) in [6.45, 7) is 4.60. The number of carbonyl (C=O) groups is 1. The minimum atomic E-state index is -0.151. The summed E-state index contributed by atoms with van der Waals surface area (Å²) in [5, 5.41) is 5.70. The van der Waals surface area contributed by atoms with Crippen LogP contribution in [0.4, 0.5) is 0 Å². The maximum absolute atomic E-state index is 11.7. The number of benzene rings is 1. The van der Waals surface area contributed by atoms with E-state index in [0.29, 0.717) is 23.8 Å². The number of nitrogens with zero attached hydrogens (tertiary/aromatic N) is 1. The van der Waals surface area contributed by atoms with E-state index in [2.05, 4.69) is 24.1 Å². The van der Waals surface area contributed by atoms with E-state index in [1.165, 1.54) is 0 Å². The van der Waals surface area contributed by atoms with Crippen molar-refractivity contribution in [2.24, 2.45) is 0 Å². The summed E-state index contributed by atoms with van der Waals surface area (Å²) in [7, 11) is 1.61. The van der Waals surface area contributed by atoms with Gasteiger partial charge in [0.2, 0.25) is 0 Å². The normalized spacial score (nSPS) is 10.6. The van der Waals surface area contributed by atoms with Crippen LogP contribution in [-0.2, 0) is 6.61 Å². The second kappa shape index (κ2) is 6.52. The highest BCUT2D eigenvalue weighted by Crippen LogP contribution is 2.22. The zero-order chi connectivity index (χ0) is 14.5. The summed E-state index contributed by atoms with van der Waals surface area (Å²) in [4.78, 5) is 16.2. The maximum atomic E-state index is 11.7. The summed E-state index contributed by atoms with van der Waals surface area (Å²) in [5.74, 6) is 0.847. The van der Waals surface area contributed by atoms with Crippen molar-refractivity contribution in [2.75, 3.05) is 7.05 Å². The van der Waals surface area contributed by atoms with Crippen LogP contribution in [0.1, 0.15) is 40.8 Å². The Bertz CT molecular complexity index is 593. The molecule has 0 radical (unpaired) electrons. The van der Waals surface area contributed by atoms with Gasteiger partial charge in [0, 0.05) is 18.3 Å². The van der Waals surface area contributed by atoms with E-state index in [0.717, 1.165) is 10.7 Å². The third kappa shape index (κ3) is 3.36. The average Bonchev–Trinajstić information content (AvgIpc) is 2.93. The lowest BCUT2D eigenvalue weighted by Gasteiger charge is -2.09. The third-order valence-electron chi connectivity index (χ3n) is 2.80. The number of hydrogen-bond donors (Lipinski definition) is 1. The van der Waals surface area contributed by atoms with Crippen molar-refractivity contribution < 1.29 is 9.53 Å². The van der Waals surface area contributed by atoms with Crippen LogP contribution < -0.4 is 10.1 Å². The summed E-state index contributed by atoms with van der Waals surface area (Å²) in [6.07, 6.45) is 0. The van der Waals surface area contributed by atoms with Gasteiger partial charge in [-0.25, -0.2) is 4.98 Å². The molecule has 0 atom stereocenters. The molecule has 1 amide bonds. The van der Waals surface area contributed by atoms with Crippen molar-refractivity contribution >= 4 is 17.2 Å². The third-order valence-corrected chi connectivity index (χ3v) is 3.99. The maximum Gasteiger partial charge on any atom is 0.254 e. The largest absolute Gasteiger partial charge is 0.486 e. The van der Waals surface area contributed by atoms with Crippen molar-refractivity contribution in [3.8, 4) is 5.75 Å². The Kier molecular flexibility index (Phi) is 4.74. The summed E-state index contributed by atoms with van der Waals surface area (Å²) < 4.78 is 5.72. The molecule has 106 valence electrons. The molecule has 1 aromatic carbocycles. The fraction of sp³-hybridized carbons (Fsp3) is 0.333. The smallest absolute Gasteiger partial charge is 0.254 e. The molecular formula is C15H18N2O2S. The monoisotopic (exact) mass is 290 g/mol. The first-order valence-electron chi connectivity index (χ1n) is 6.50. The van der Waals surface area contributed by atoms with Crippen LogP contribution in [0.15, 0.2) is 29.6 Å². The molecule has 0 aliphatic heterocycles. The first-order valence-corrected chi connectivity index (χ1v) is 7.38. The van der Waals surface area contributed by atoms with Crippen LogP contribution in [0.2, 0.25) is 0 Å². The molecule has 0 aliphatic carbocycles. The fourth-order valence-corrected chi connectivity index (χ4v) is 2.54. The van der Waals surface area contributed by atoms with E-state index in [9.17, 15) is 4.79 Å². The van der Waals surface area contributed by atoms with Gasteiger partial charge in [0.1, 0.15) is 12.4 Å². The average molecular weight is 290 g/mol. The number of para-hydroxylation sites is 1. The van der Waals surface area contributed by atoms with Gasteiger partial charge in [-0.3, -0.25) is 4.79 Å². The lowest BCUT2D eigenvalue weighted by molar-refractivity contribution is 0.0958. The molecule has 0 spiro atoms. The number of hydrogen-bond acceptors (Lipinski definition) is 4. The molecule has 5 heteroatoms. The van der Waals surface area contributed by atoms with Crippen molar-refractivity contribution in [1.29, 1.82) is 0 Å². The van der Waals surface area contributed by atoms with Crippen molar-refractivity contribution in [3.63, 3.8) is 0 Å². The number of thiazole rings is 1. The molecule has 1 N–H and O–H groups in total. The molecule has 2 aromatic rings. The van der Waals surface area contributed by atoms with Crippen LogP contribution in [0.3, 0.4) is 0 Å². The lowest BCUT2D eigenvalue weighted by Crippen LogP contribution is -2.18. The van der Waals surface area contributed by atoms with E-state index >= 15 is 0 Å². The van der Waals surface area contributed by atoms with Crippen molar-refractivity contribution in [2.45, 2.75) is 26.4 Å². The predicted molar refractivity (Wildman–Crippen MR) is 80.4 cm³/mol. The molecule has 0 bridgehead atoms. The number of nitrogens with one attached hydrogen (secondary N) is 1. The molecular weight excluding hydrogens is 272 g/mol. The SMILES string of the molecule is CNC(=O)c1ccccc1OCc1csc(C(C)C)n1. The molecule has 0 saturated carbocycles. The Morgan fingerprint density at radius 2 is 2.15 bits per heavy atom. The van der Waals surface area contributed by atoms with Gasteiger partial charge in [0.05, 0.1) is 16.3 Å². The fourth-order valence-electron chi connectivity index (χ4n) is 1.72. The molecule has 0 aliphatic rings. The van der Waals surface area contributed by atoms with E-state index in [1.807, 2.05) is 17.5 Å². The number of amides is 1. The van der Waals surface area contributed by atoms with Crippen molar-refractivity contribution in [3.05, 3.63) is 45.9 Å². The van der Waals surface area contributed by atoms with E-state index in [-0.39, 0.29) is 5.91 Å². The van der Waals surface area contributed by atoms with Crippen LogP contribution in [0.25, 0.3) is 0 Å². The molecule has 1 aromatic heterocycles. The zero-order valence-electron chi connectivity index (χ0n) is 11.8. The van der Waals surface area contributed by atoms with Gasteiger partial charge in [-0.15, -0.1) is 11.3 Å². The minimum absolute atomic E-state index is 0.151. The van der Waals surface area contributed by atoms with Gasteiger partial charge in [-0.1, -0.05) is 26.0 Å². The number of ether oxygens (including phenoxy) is 1. The zero-order valence-corrected chi connectivity index (χ0v) is 12.7. The lowest BCUT2D eigenvalue weighted by atomic mass is 10.2. The molecule has 0 fully saturated rings. The van der Waals surface area contributed by atoms with Gasteiger partial charge in [0.25, 0.3) is 5.91 Å². The molecule has 20 heavy (non-hydrogen) atoms. The predicted octanol–water partition coefficient (Wildman–Crippen LogP) is 3.21. The van der Waals surface area contributed by atoms with Gasteiger partial charge >= 0.3 is 0 Å². The Hall–Kier alpha value is -1.88. The Labute approximate surface area is 122 Å². The standard InChI is InChI=1S/C15H18N2O2S/c1-10(2)15-17-11(9-20-15)8-19-13-7-5-4-6-12(13)14(18)16-3/h4-7,9-10H,8H2,1-3H3,(H,16,18). The molecule has 0 saturated heterocycles. The highest BCUT2D eigenvalue weighted by Gasteiger charge is 2.11. The topological polar surface area (TPSA) is 51.2 Å². The number of rotatable bonds is 5. The van der Waals surface area contributed by atoms with Crippen molar-refractivity contribution in [1.82, 2.24) is 10.3 Å². The highest BCUT2D eigenvalue weighted by molar-refractivity contribution is 7.09. The Balaban J connectivity index is 2.08. The van der Waals surface area contributed by atoms with E-state index in [4.69, 9.17) is 4.74 Å². The number of aromatic nitrogens is 1. The minimum Gasteiger partial charge on any atom is -0.486 e. The quantitative estimate of drug-likeness (QED) is 0.920. The van der Waals surface area contributed by atoms with E-state index in [1.54, 1.807) is 30.5 Å². The summed E-state index contributed by atoms with van der Waals surface area (Å²) >= 11 is 1.64. The molecule has 0 unspecified atom stereocenters. The summed E-state index contributed by atoms with van der Waals surface area (Å²) in [6, 6.07) is 7.20. The van der Waals surface area contributed by atoms with Gasteiger partial charge in [0.15, 0.2) is 0 Å². The second-order valence-electron chi connectivity index (χ2n) is 4.70. The van der Waals surface area contributed by atoms with Crippen LogP contribution in [0.5, 0.6) is 5.75 Å². The first kappa shape index (κ1) is 14.5. The van der Waals surface area contributed by atoms with Crippen LogP contribution >= 0.6 is 11.3 Å². The van der Waals surface area contributed by atoms with Crippen LogP contribution in [-0.4, -0.2) is 17.9 Å². The highest BCUT2D eigenvalue weighted by atomic mass is 32.1. The molecule has 2 rings (SSSR count). The molecule has 1 heterocycles. The Morgan fingerprint density at radius 3 is 2.80 bits per heavy atom. The van der Waals surface area contributed by atoms with Gasteiger partial charge in [-0.2, -0.15) is 0 Å². The van der Waals surface area contributed by atoms with Gasteiger partial charge < -0.3 is 10.1 Å². The second-order valence-corrected chi connectivity index (χ2v) is 5.59. The summed E-state index contributed by atoms with van der Waals surface area (Å²) in [5.41, 5.74) is 1.43. The first-order chi connectivity index (χ1) is 9.61. The van der Waals surface area contributed by atoms with E-state index < -0.39 is 0 Å². The number of carbonyl (C=O) groups excluding carboxylic acids is 1.